The van der Waals surface area contributed by atoms with Crippen LogP contribution in [0.4, 0.5) is 0 Å². The molecule has 0 aromatic heterocycles. The topological polar surface area (TPSA) is 55.8 Å². The largest absolute Gasteiger partial charge is 0.546 e. The van der Waals surface area contributed by atoms with Crippen molar-refractivity contribution in [3.63, 3.8) is 0 Å². The first-order chi connectivity index (χ1) is 17.7. The molecule has 0 radical (unpaired) electrons. The minimum Gasteiger partial charge on any atom is -0.546 e. The summed E-state index contributed by atoms with van der Waals surface area (Å²) >= 11 is 0. The molecule has 0 amide bonds. The molecule has 1 aliphatic heterocycles. The Bertz CT molecular complexity index is 876. The second kappa shape index (κ2) is 14.2. The van der Waals surface area contributed by atoms with Crippen LogP contribution >= 0.6 is 0 Å². The van der Waals surface area contributed by atoms with Gasteiger partial charge in [-0.15, -0.1) is 0 Å². The van der Waals surface area contributed by atoms with Gasteiger partial charge in [-0.2, -0.15) is 0 Å². The second-order valence-electron chi connectivity index (χ2n) is 13.5. The monoisotopic (exact) mass is 546 g/mol. The second-order valence-corrected chi connectivity index (χ2v) is 18.2. The molecule has 0 aromatic rings. The zero-order valence-electron chi connectivity index (χ0n) is 26.2. The van der Waals surface area contributed by atoms with Crippen LogP contribution in [0, 0.1) is 11.8 Å². The predicted octanol–water partition coefficient (Wildman–Crippen LogP) is 10.3. The smallest absolute Gasteiger partial charge is 0.303 e. The van der Waals surface area contributed by atoms with Gasteiger partial charge >= 0.3 is 5.97 Å². The highest BCUT2D eigenvalue weighted by molar-refractivity contribution is 6.74. The molecule has 0 spiro atoms. The van der Waals surface area contributed by atoms with Gasteiger partial charge in [0.1, 0.15) is 11.4 Å². The van der Waals surface area contributed by atoms with E-state index in [2.05, 4.69) is 73.7 Å². The van der Waals surface area contributed by atoms with Crippen LogP contribution in [0.2, 0.25) is 18.1 Å². The van der Waals surface area contributed by atoms with Crippen molar-refractivity contribution in [3.05, 3.63) is 34.8 Å². The van der Waals surface area contributed by atoms with E-state index in [-0.39, 0.29) is 10.6 Å². The Hall–Kier alpha value is -1.49. The fourth-order valence-corrected chi connectivity index (χ4v) is 6.78. The van der Waals surface area contributed by atoms with Crippen molar-refractivity contribution >= 4 is 14.3 Å². The van der Waals surface area contributed by atoms with Crippen molar-refractivity contribution in [1.29, 1.82) is 0 Å². The molecule has 3 unspecified atom stereocenters. The quantitative estimate of drug-likeness (QED) is 0.126. The van der Waals surface area contributed by atoms with E-state index < -0.39 is 14.3 Å². The molecule has 3 atom stereocenters. The Morgan fingerprint density at radius 3 is 2.18 bits per heavy atom. The minimum absolute atomic E-state index is 0.180. The molecule has 2 aliphatic rings. The summed E-state index contributed by atoms with van der Waals surface area (Å²) in [5, 5.41) is 8.89. The highest BCUT2D eigenvalue weighted by atomic mass is 28.4. The molecule has 1 N–H and O–H groups in total. The average Bonchev–Trinajstić information content (AvgIpc) is 2.85. The summed E-state index contributed by atoms with van der Waals surface area (Å²) < 4.78 is 13.8. The minimum atomic E-state index is -1.90. The predicted molar refractivity (Wildman–Crippen MR) is 163 cm³/mol. The van der Waals surface area contributed by atoms with Gasteiger partial charge in [0.2, 0.25) is 8.32 Å². The highest BCUT2D eigenvalue weighted by Gasteiger charge is 2.46. The molecule has 218 valence electrons. The summed E-state index contributed by atoms with van der Waals surface area (Å²) in [5.41, 5.74) is 2.39. The summed E-state index contributed by atoms with van der Waals surface area (Å²) in [6.07, 6.45) is 18.7. The zero-order chi connectivity index (χ0) is 28.6. The Morgan fingerprint density at radius 2 is 1.63 bits per heavy atom. The van der Waals surface area contributed by atoms with Crippen LogP contribution < -0.4 is 0 Å². The molecule has 0 bridgehead atoms. The van der Waals surface area contributed by atoms with Crippen molar-refractivity contribution in [1.82, 2.24) is 0 Å². The molecule has 0 aromatic carbocycles. The van der Waals surface area contributed by atoms with E-state index in [1.54, 1.807) is 0 Å². The van der Waals surface area contributed by atoms with Crippen molar-refractivity contribution in [2.24, 2.45) is 11.8 Å². The third-order valence-electron chi connectivity index (χ3n) is 9.55. The van der Waals surface area contributed by atoms with Crippen LogP contribution in [0.5, 0.6) is 0 Å². The van der Waals surface area contributed by atoms with Crippen molar-refractivity contribution in [3.8, 4) is 0 Å². The molecule has 1 aliphatic carbocycles. The lowest BCUT2D eigenvalue weighted by Gasteiger charge is -2.47. The Morgan fingerprint density at radius 1 is 1.05 bits per heavy atom. The maximum absolute atomic E-state index is 10.6. The standard InChI is InChI=1S/C33H58O4Si/c1-10-33(23-20-18-16-14-12-11-13-15-17-19-21-29(34)35)24-22-28-27(4)30(25(2)26(3)31(28)36-33)37-38(8,9)32(5,6)7/h20,23,27-28H,10-19,21-22,24H2,1-9H3,(H,34,35). The molecule has 4 nitrogen and oxygen atoms in total. The van der Waals surface area contributed by atoms with Gasteiger partial charge in [-0.1, -0.05) is 79.2 Å². The third kappa shape index (κ3) is 8.76. The fourth-order valence-electron chi connectivity index (χ4n) is 5.58. The van der Waals surface area contributed by atoms with E-state index >= 15 is 0 Å². The number of hydrogen-bond donors (Lipinski definition) is 1. The average molecular weight is 547 g/mol. The first-order valence-corrected chi connectivity index (χ1v) is 18.3. The van der Waals surface area contributed by atoms with E-state index in [1.807, 2.05) is 0 Å². The van der Waals surface area contributed by atoms with Crippen molar-refractivity contribution in [2.75, 3.05) is 0 Å². The van der Waals surface area contributed by atoms with Crippen LogP contribution in [0.3, 0.4) is 0 Å². The van der Waals surface area contributed by atoms with Gasteiger partial charge in [-0.25, -0.2) is 0 Å². The maximum Gasteiger partial charge on any atom is 0.303 e. The number of carboxylic acid groups (broad SMARTS) is 1. The Labute approximate surface area is 235 Å². The zero-order valence-corrected chi connectivity index (χ0v) is 27.2. The molecule has 0 saturated carbocycles. The van der Waals surface area contributed by atoms with Crippen LogP contribution in [0.1, 0.15) is 132 Å². The van der Waals surface area contributed by atoms with Crippen LogP contribution in [-0.2, 0) is 14.0 Å². The number of carbonyl (C=O) groups is 1. The summed E-state index contributed by atoms with van der Waals surface area (Å²) in [6, 6.07) is 0. The third-order valence-corrected chi connectivity index (χ3v) is 13.9. The van der Waals surface area contributed by atoms with Crippen LogP contribution in [-0.4, -0.2) is 25.0 Å². The number of carboxylic acids is 1. The molecular weight excluding hydrogens is 488 g/mol. The molecule has 5 heteroatoms. The summed E-state index contributed by atoms with van der Waals surface area (Å²) in [6.45, 7) is 20.7. The van der Waals surface area contributed by atoms with Crippen LogP contribution in [0.15, 0.2) is 34.8 Å². The molecule has 2 rings (SSSR count). The number of allylic oxidation sites excluding steroid dienone is 5. The lowest BCUT2D eigenvalue weighted by Crippen LogP contribution is -2.44. The molecular formula is C33H58O4Si. The van der Waals surface area contributed by atoms with Gasteiger partial charge in [0.25, 0.3) is 0 Å². The highest BCUT2D eigenvalue weighted by Crippen LogP contribution is 2.50. The summed E-state index contributed by atoms with van der Waals surface area (Å²) in [5.74, 6) is 2.52. The number of aliphatic carboxylic acids is 1. The SMILES string of the molecule is CCC1(C=CCCCCCCCCCCC(=O)O)CCC2C(=C(C)C(C)=C(O[Si](C)(C)C(C)(C)C)C2C)O1. The Balaban J connectivity index is 1.91. The van der Waals surface area contributed by atoms with Gasteiger partial charge in [0.15, 0.2) is 0 Å². The number of ether oxygens (including phenoxy) is 1. The van der Waals surface area contributed by atoms with Gasteiger partial charge in [0.05, 0.1) is 5.76 Å². The Kier molecular flexibility index (Phi) is 12.3. The maximum atomic E-state index is 10.6. The van der Waals surface area contributed by atoms with Gasteiger partial charge < -0.3 is 14.3 Å². The lowest BCUT2D eigenvalue weighted by atomic mass is 9.74. The van der Waals surface area contributed by atoms with E-state index in [1.165, 1.54) is 54.8 Å². The molecule has 1 saturated heterocycles. The van der Waals surface area contributed by atoms with Gasteiger partial charge in [-0.05, 0) is 87.7 Å². The fraction of sp³-hybridized carbons (Fsp3) is 0.788. The van der Waals surface area contributed by atoms with Crippen molar-refractivity contribution in [2.45, 2.75) is 156 Å². The van der Waals surface area contributed by atoms with Gasteiger partial charge in [0, 0.05) is 18.3 Å². The van der Waals surface area contributed by atoms with E-state index in [0.717, 1.165) is 44.9 Å². The summed E-state index contributed by atoms with van der Waals surface area (Å²) in [7, 11) is -1.90. The number of hydrogen-bond acceptors (Lipinski definition) is 3. The van der Waals surface area contributed by atoms with E-state index in [9.17, 15) is 4.79 Å². The first-order valence-electron chi connectivity index (χ1n) is 15.4. The number of unbranched alkanes of at least 4 members (excludes halogenated alkanes) is 8. The summed E-state index contributed by atoms with van der Waals surface area (Å²) in [4.78, 5) is 10.6. The number of rotatable bonds is 15. The molecule has 38 heavy (non-hydrogen) atoms. The first kappa shape index (κ1) is 32.7. The van der Waals surface area contributed by atoms with E-state index in [0.29, 0.717) is 18.3 Å². The normalized spacial score (nSPS) is 24.6. The lowest BCUT2D eigenvalue weighted by molar-refractivity contribution is -0.137. The molecule has 1 heterocycles. The molecule has 1 fully saturated rings. The van der Waals surface area contributed by atoms with E-state index in [4.69, 9.17) is 14.3 Å². The van der Waals surface area contributed by atoms with Gasteiger partial charge in [-0.3, -0.25) is 4.79 Å². The number of fused-ring (bicyclic) bond motifs is 1. The van der Waals surface area contributed by atoms with Crippen molar-refractivity contribution < 1.29 is 19.1 Å². The van der Waals surface area contributed by atoms with Crippen LogP contribution in [0.25, 0.3) is 0 Å².